The summed E-state index contributed by atoms with van der Waals surface area (Å²) in [6, 6.07) is 22.7. The second kappa shape index (κ2) is 8.97. The highest BCUT2D eigenvalue weighted by molar-refractivity contribution is 6.29. The Hall–Kier alpha value is -2.92. The molecule has 0 spiro atoms. The highest BCUT2D eigenvalue weighted by atomic mass is 35.5. The van der Waals surface area contributed by atoms with Gasteiger partial charge in [0.25, 0.3) is 0 Å². The number of carbonyl (C=O) groups excluding carboxylic acids is 1. The van der Waals surface area contributed by atoms with Crippen LogP contribution in [0.1, 0.15) is 11.1 Å². The van der Waals surface area contributed by atoms with E-state index in [0.29, 0.717) is 18.8 Å². The Balaban J connectivity index is 1.71. The first-order valence-electron chi connectivity index (χ1n) is 8.24. The first kappa shape index (κ1) is 17.9. The van der Waals surface area contributed by atoms with E-state index < -0.39 is 6.09 Å². The van der Waals surface area contributed by atoms with Crippen LogP contribution in [0.2, 0.25) is 5.15 Å². The lowest BCUT2D eigenvalue weighted by atomic mass is 10.1. The van der Waals surface area contributed by atoms with Gasteiger partial charge in [0.05, 0.1) is 0 Å². The minimum absolute atomic E-state index is 0.197. The molecule has 0 aliphatic carbocycles. The molecule has 0 fully saturated rings. The van der Waals surface area contributed by atoms with Crippen LogP contribution in [-0.4, -0.2) is 22.8 Å². The summed E-state index contributed by atoms with van der Waals surface area (Å²) in [5.41, 5.74) is 2.04. The Morgan fingerprint density at radius 1 is 0.885 bits per heavy atom. The minimum atomic E-state index is -0.471. The number of hydrogen-bond acceptors (Lipinski definition) is 4. The molecular weight excluding hydrogens is 350 g/mol. The second-order valence-electron chi connectivity index (χ2n) is 5.64. The molecule has 3 rings (SSSR count). The number of anilines is 1. The summed E-state index contributed by atoms with van der Waals surface area (Å²) in [5, 5.41) is 8.10. The van der Waals surface area contributed by atoms with Crippen LogP contribution < -0.4 is 4.90 Å². The van der Waals surface area contributed by atoms with Gasteiger partial charge in [-0.3, -0.25) is 4.90 Å². The predicted octanol–water partition coefficient (Wildman–Crippen LogP) is 4.52. The van der Waals surface area contributed by atoms with Crippen molar-refractivity contribution in [1.29, 1.82) is 0 Å². The van der Waals surface area contributed by atoms with Crippen molar-refractivity contribution in [2.24, 2.45) is 0 Å². The van der Waals surface area contributed by atoms with Crippen molar-refractivity contribution in [3.05, 3.63) is 89.1 Å². The number of carbonyl (C=O) groups is 1. The molecule has 0 N–H and O–H groups in total. The molecule has 1 heterocycles. The van der Waals surface area contributed by atoms with Crippen LogP contribution in [-0.2, 0) is 17.8 Å². The van der Waals surface area contributed by atoms with Gasteiger partial charge in [0.15, 0.2) is 11.0 Å². The van der Waals surface area contributed by atoms with Gasteiger partial charge in [-0.2, -0.15) is 0 Å². The summed E-state index contributed by atoms with van der Waals surface area (Å²) >= 11 is 5.80. The van der Waals surface area contributed by atoms with Gasteiger partial charge in [-0.1, -0.05) is 72.3 Å². The summed E-state index contributed by atoms with van der Waals surface area (Å²) in [5.74, 6) is 0.406. The van der Waals surface area contributed by atoms with Gasteiger partial charge in [-0.05, 0) is 29.7 Å². The molecule has 0 atom stereocenters. The van der Waals surface area contributed by atoms with Crippen LogP contribution in [0.5, 0.6) is 0 Å². The van der Waals surface area contributed by atoms with Crippen LogP contribution in [0.3, 0.4) is 0 Å². The van der Waals surface area contributed by atoms with Crippen molar-refractivity contribution in [1.82, 2.24) is 10.2 Å². The van der Waals surface area contributed by atoms with Crippen molar-refractivity contribution < 1.29 is 9.53 Å². The molecular formula is C20H18ClN3O2. The van der Waals surface area contributed by atoms with E-state index >= 15 is 0 Å². The highest BCUT2D eigenvalue weighted by Gasteiger charge is 2.19. The zero-order chi connectivity index (χ0) is 18.2. The topological polar surface area (TPSA) is 55.3 Å². The first-order chi connectivity index (χ1) is 12.7. The Morgan fingerprint density at radius 3 is 2.15 bits per heavy atom. The molecule has 6 heteroatoms. The number of hydrogen-bond donors (Lipinski definition) is 0. The summed E-state index contributed by atoms with van der Waals surface area (Å²) in [7, 11) is 0. The van der Waals surface area contributed by atoms with E-state index in [1.165, 1.54) is 4.90 Å². The van der Waals surface area contributed by atoms with Crippen LogP contribution in [0.25, 0.3) is 0 Å². The first-order valence-corrected chi connectivity index (χ1v) is 8.61. The van der Waals surface area contributed by atoms with E-state index in [-0.39, 0.29) is 11.8 Å². The monoisotopic (exact) mass is 367 g/mol. The minimum Gasteiger partial charge on any atom is -0.444 e. The zero-order valence-electron chi connectivity index (χ0n) is 14.1. The Labute approximate surface area is 157 Å². The second-order valence-corrected chi connectivity index (χ2v) is 6.03. The summed E-state index contributed by atoms with van der Waals surface area (Å²) in [6.07, 6.45) is 0.201. The normalized spacial score (nSPS) is 10.3. The molecule has 1 aromatic heterocycles. The van der Waals surface area contributed by atoms with E-state index in [2.05, 4.69) is 10.2 Å². The number of nitrogens with zero attached hydrogens (tertiary/aromatic N) is 3. The number of benzene rings is 2. The number of amides is 1. The lowest BCUT2D eigenvalue weighted by Gasteiger charge is -2.21. The molecule has 0 radical (unpaired) electrons. The number of aromatic nitrogens is 2. The number of ether oxygens (including phenoxy) is 1. The molecule has 2 aromatic carbocycles. The molecule has 0 saturated heterocycles. The maximum atomic E-state index is 12.6. The van der Waals surface area contributed by atoms with Crippen molar-refractivity contribution in [3.63, 3.8) is 0 Å². The Bertz CT molecular complexity index is 827. The molecule has 5 nitrogen and oxygen atoms in total. The SMILES string of the molecule is O=C(OCc1ccccc1)N(CCc1ccccc1)c1ccc(Cl)nn1. The van der Waals surface area contributed by atoms with Gasteiger partial charge in [0.1, 0.15) is 6.61 Å². The van der Waals surface area contributed by atoms with Crippen molar-refractivity contribution in [3.8, 4) is 0 Å². The van der Waals surface area contributed by atoms with Gasteiger partial charge in [-0.15, -0.1) is 10.2 Å². The maximum absolute atomic E-state index is 12.6. The van der Waals surface area contributed by atoms with E-state index in [1.807, 2.05) is 60.7 Å². The fraction of sp³-hybridized carbons (Fsp3) is 0.150. The fourth-order valence-corrected chi connectivity index (χ4v) is 2.54. The summed E-state index contributed by atoms with van der Waals surface area (Å²) < 4.78 is 5.45. The third-order valence-corrected chi connectivity index (χ3v) is 3.99. The number of rotatable bonds is 6. The number of halogens is 1. The molecule has 132 valence electrons. The van der Waals surface area contributed by atoms with Gasteiger partial charge in [0, 0.05) is 6.54 Å². The smallest absolute Gasteiger partial charge is 0.415 e. The van der Waals surface area contributed by atoms with Crippen molar-refractivity contribution in [2.75, 3.05) is 11.4 Å². The zero-order valence-corrected chi connectivity index (χ0v) is 14.8. The van der Waals surface area contributed by atoms with Gasteiger partial charge in [-0.25, -0.2) is 4.79 Å². The largest absolute Gasteiger partial charge is 0.444 e. The van der Waals surface area contributed by atoms with Crippen LogP contribution in [0.15, 0.2) is 72.8 Å². The fourth-order valence-electron chi connectivity index (χ4n) is 2.44. The van der Waals surface area contributed by atoms with E-state index in [9.17, 15) is 4.79 Å². The quantitative estimate of drug-likeness (QED) is 0.643. The van der Waals surface area contributed by atoms with Crippen molar-refractivity contribution in [2.45, 2.75) is 13.0 Å². The summed E-state index contributed by atoms with van der Waals surface area (Å²) in [6.45, 7) is 0.622. The van der Waals surface area contributed by atoms with E-state index in [0.717, 1.165) is 11.1 Å². The lowest BCUT2D eigenvalue weighted by Crippen LogP contribution is -2.34. The molecule has 0 saturated carbocycles. The average molecular weight is 368 g/mol. The Morgan fingerprint density at radius 2 is 1.54 bits per heavy atom. The van der Waals surface area contributed by atoms with E-state index in [4.69, 9.17) is 16.3 Å². The predicted molar refractivity (Wildman–Crippen MR) is 101 cm³/mol. The average Bonchev–Trinajstić information content (AvgIpc) is 2.69. The van der Waals surface area contributed by atoms with Crippen LogP contribution in [0, 0.1) is 0 Å². The third kappa shape index (κ3) is 5.04. The van der Waals surface area contributed by atoms with Gasteiger partial charge < -0.3 is 4.74 Å². The van der Waals surface area contributed by atoms with Gasteiger partial charge >= 0.3 is 6.09 Å². The summed E-state index contributed by atoms with van der Waals surface area (Å²) in [4.78, 5) is 14.1. The van der Waals surface area contributed by atoms with Gasteiger partial charge in [0.2, 0.25) is 0 Å². The molecule has 1 amide bonds. The molecule has 0 aliphatic rings. The van der Waals surface area contributed by atoms with Crippen molar-refractivity contribution >= 4 is 23.5 Å². The van der Waals surface area contributed by atoms with Crippen LogP contribution in [0.4, 0.5) is 10.6 Å². The lowest BCUT2D eigenvalue weighted by molar-refractivity contribution is 0.147. The molecule has 26 heavy (non-hydrogen) atoms. The van der Waals surface area contributed by atoms with E-state index in [1.54, 1.807) is 12.1 Å². The van der Waals surface area contributed by atoms with Crippen LogP contribution >= 0.6 is 11.6 Å². The molecule has 0 unspecified atom stereocenters. The molecule has 0 aliphatic heterocycles. The molecule has 3 aromatic rings. The highest BCUT2D eigenvalue weighted by Crippen LogP contribution is 2.15. The maximum Gasteiger partial charge on any atom is 0.415 e. The molecule has 0 bridgehead atoms. The Kier molecular flexibility index (Phi) is 6.17. The third-order valence-electron chi connectivity index (χ3n) is 3.79. The standard InChI is InChI=1S/C20H18ClN3O2/c21-18-11-12-19(23-22-18)24(14-13-16-7-3-1-4-8-16)20(25)26-15-17-9-5-2-6-10-17/h1-12H,13-15H2.